The molecule has 0 saturated heterocycles. The molecule has 0 aromatic rings. The van der Waals surface area contributed by atoms with Gasteiger partial charge in [0.05, 0.1) is 5.54 Å². The second-order valence-electron chi connectivity index (χ2n) is 5.49. The van der Waals surface area contributed by atoms with Crippen LogP contribution in [0.4, 0.5) is 0 Å². The molecule has 0 aliphatic heterocycles. The maximum Gasteiger partial charge on any atom is 0.240 e. The first-order valence-electron chi connectivity index (χ1n) is 6.37. The highest BCUT2D eigenvalue weighted by atomic mass is 16.2. The van der Waals surface area contributed by atoms with Crippen LogP contribution >= 0.6 is 0 Å². The Morgan fingerprint density at radius 1 is 1.25 bits per heavy atom. The molecule has 1 unspecified atom stereocenters. The first kappa shape index (κ1) is 15.4. The second kappa shape index (κ2) is 6.89. The average Bonchev–Trinajstić information content (AvgIpc) is 2.12. The summed E-state index contributed by atoms with van der Waals surface area (Å²) in [7, 11) is 0. The summed E-state index contributed by atoms with van der Waals surface area (Å²) < 4.78 is 0. The molecule has 0 aliphatic rings. The number of hydrogen-bond donors (Lipinski definition) is 2. The Bertz CT molecular complexity index is 214. The lowest BCUT2D eigenvalue weighted by Gasteiger charge is -2.32. The summed E-state index contributed by atoms with van der Waals surface area (Å²) >= 11 is 0. The molecule has 0 saturated carbocycles. The predicted octanol–water partition coefficient (Wildman–Crippen LogP) is 2.32. The third kappa shape index (κ3) is 5.50. The second-order valence-corrected chi connectivity index (χ2v) is 5.49. The summed E-state index contributed by atoms with van der Waals surface area (Å²) in [5, 5.41) is 6.37. The van der Waals surface area contributed by atoms with Crippen LogP contribution in [0, 0.1) is 5.92 Å². The topological polar surface area (TPSA) is 41.1 Å². The summed E-state index contributed by atoms with van der Waals surface area (Å²) in [6, 6.07) is 0.197. The highest BCUT2D eigenvalue weighted by Gasteiger charge is 2.33. The summed E-state index contributed by atoms with van der Waals surface area (Å²) in [5.41, 5.74) is -0.436. The number of carbonyl (C=O) groups is 1. The molecule has 0 radical (unpaired) electrons. The van der Waals surface area contributed by atoms with Gasteiger partial charge in [-0.2, -0.15) is 0 Å². The van der Waals surface area contributed by atoms with Gasteiger partial charge in [0.1, 0.15) is 0 Å². The van der Waals surface area contributed by atoms with Gasteiger partial charge in [0.15, 0.2) is 0 Å². The molecule has 0 heterocycles. The van der Waals surface area contributed by atoms with E-state index in [1.165, 1.54) is 0 Å². The van der Waals surface area contributed by atoms with E-state index in [2.05, 4.69) is 31.4 Å². The van der Waals surface area contributed by atoms with Crippen molar-refractivity contribution in [3.8, 4) is 0 Å². The quantitative estimate of drug-likeness (QED) is 0.702. The van der Waals surface area contributed by atoms with Crippen molar-refractivity contribution in [1.82, 2.24) is 10.6 Å². The van der Waals surface area contributed by atoms with Crippen molar-refractivity contribution < 1.29 is 4.79 Å². The molecular weight excluding hydrogens is 200 g/mol. The smallest absolute Gasteiger partial charge is 0.240 e. The zero-order valence-corrected chi connectivity index (χ0v) is 11.7. The third-order valence-corrected chi connectivity index (χ3v) is 2.50. The van der Waals surface area contributed by atoms with E-state index in [0.717, 1.165) is 19.4 Å². The van der Waals surface area contributed by atoms with Crippen LogP contribution in [0.15, 0.2) is 0 Å². The van der Waals surface area contributed by atoms with Gasteiger partial charge < -0.3 is 10.6 Å². The van der Waals surface area contributed by atoms with Crippen LogP contribution in [0.3, 0.4) is 0 Å². The van der Waals surface area contributed by atoms with Gasteiger partial charge in [-0.1, -0.05) is 20.8 Å². The maximum atomic E-state index is 12.1. The molecule has 0 spiro atoms. The van der Waals surface area contributed by atoms with Gasteiger partial charge in [0.2, 0.25) is 5.91 Å². The molecule has 2 N–H and O–H groups in total. The van der Waals surface area contributed by atoms with E-state index in [0.29, 0.717) is 5.92 Å². The molecular formula is C13H28N2O. The molecule has 0 fully saturated rings. The third-order valence-electron chi connectivity index (χ3n) is 2.50. The van der Waals surface area contributed by atoms with Gasteiger partial charge >= 0.3 is 0 Å². The number of rotatable bonds is 7. The van der Waals surface area contributed by atoms with Gasteiger partial charge in [-0.05, 0) is 46.1 Å². The van der Waals surface area contributed by atoms with Crippen molar-refractivity contribution in [3.63, 3.8) is 0 Å². The molecule has 96 valence electrons. The van der Waals surface area contributed by atoms with E-state index in [1.54, 1.807) is 0 Å². The fraction of sp³-hybridized carbons (Fsp3) is 0.923. The molecule has 1 amide bonds. The van der Waals surface area contributed by atoms with Crippen LogP contribution in [0.1, 0.15) is 54.4 Å². The zero-order chi connectivity index (χ0) is 12.8. The Labute approximate surface area is 100 Å². The SMILES string of the molecule is CCCNC(C)(CC(C)C)C(=O)NC(C)C. The molecule has 0 rings (SSSR count). The van der Waals surface area contributed by atoms with Gasteiger partial charge in [-0.15, -0.1) is 0 Å². The fourth-order valence-electron chi connectivity index (χ4n) is 1.88. The van der Waals surface area contributed by atoms with Crippen LogP contribution in [0.2, 0.25) is 0 Å². The van der Waals surface area contributed by atoms with E-state index >= 15 is 0 Å². The molecule has 0 aromatic heterocycles. The van der Waals surface area contributed by atoms with Crippen molar-refractivity contribution in [2.75, 3.05) is 6.54 Å². The minimum Gasteiger partial charge on any atom is -0.352 e. The van der Waals surface area contributed by atoms with Crippen LogP contribution in [-0.2, 0) is 4.79 Å². The van der Waals surface area contributed by atoms with Crippen molar-refractivity contribution >= 4 is 5.91 Å². The minimum atomic E-state index is -0.436. The Kier molecular flexibility index (Phi) is 6.65. The number of hydrogen-bond acceptors (Lipinski definition) is 2. The fourth-order valence-corrected chi connectivity index (χ4v) is 1.88. The monoisotopic (exact) mass is 228 g/mol. The molecule has 3 nitrogen and oxygen atoms in total. The Balaban J connectivity index is 4.56. The van der Waals surface area contributed by atoms with Crippen LogP contribution in [0.25, 0.3) is 0 Å². The summed E-state index contributed by atoms with van der Waals surface area (Å²) in [6.45, 7) is 13.3. The summed E-state index contributed by atoms with van der Waals surface area (Å²) in [4.78, 5) is 12.1. The molecule has 3 heteroatoms. The Morgan fingerprint density at radius 2 is 1.81 bits per heavy atom. The summed E-state index contributed by atoms with van der Waals surface area (Å²) in [5.74, 6) is 0.622. The Morgan fingerprint density at radius 3 is 2.19 bits per heavy atom. The van der Waals surface area contributed by atoms with Crippen LogP contribution < -0.4 is 10.6 Å². The number of carbonyl (C=O) groups excluding carboxylic acids is 1. The lowest BCUT2D eigenvalue weighted by Crippen LogP contribution is -2.57. The Hall–Kier alpha value is -0.570. The van der Waals surface area contributed by atoms with E-state index in [4.69, 9.17) is 0 Å². The number of amides is 1. The highest BCUT2D eigenvalue weighted by Crippen LogP contribution is 2.17. The standard InChI is InChI=1S/C13H28N2O/c1-7-8-14-13(6,9-10(2)3)12(16)15-11(4)5/h10-11,14H,7-9H2,1-6H3,(H,15,16). The predicted molar refractivity (Wildman–Crippen MR) is 69.4 cm³/mol. The van der Waals surface area contributed by atoms with Gasteiger partial charge in [-0.25, -0.2) is 0 Å². The van der Waals surface area contributed by atoms with Crippen molar-refractivity contribution in [2.45, 2.75) is 66.0 Å². The highest BCUT2D eigenvalue weighted by molar-refractivity contribution is 5.86. The number of nitrogens with one attached hydrogen (secondary N) is 2. The lowest BCUT2D eigenvalue weighted by molar-refractivity contribution is -0.128. The molecule has 1 atom stereocenters. The molecule has 16 heavy (non-hydrogen) atoms. The molecule has 0 aromatic carbocycles. The van der Waals surface area contributed by atoms with Crippen LogP contribution in [0.5, 0.6) is 0 Å². The van der Waals surface area contributed by atoms with Crippen molar-refractivity contribution in [1.29, 1.82) is 0 Å². The zero-order valence-electron chi connectivity index (χ0n) is 11.7. The van der Waals surface area contributed by atoms with Crippen molar-refractivity contribution in [3.05, 3.63) is 0 Å². The molecule has 0 aliphatic carbocycles. The van der Waals surface area contributed by atoms with E-state index < -0.39 is 5.54 Å². The largest absolute Gasteiger partial charge is 0.352 e. The summed E-state index contributed by atoms with van der Waals surface area (Å²) in [6.07, 6.45) is 1.91. The minimum absolute atomic E-state index is 0.115. The van der Waals surface area contributed by atoms with Gasteiger partial charge in [0, 0.05) is 6.04 Å². The first-order chi connectivity index (χ1) is 7.31. The van der Waals surface area contributed by atoms with Gasteiger partial charge in [0.25, 0.3) is 0 Å². The van der Waals surface area contributed by atoms with Gasteiger partial charge in [-0.3, -0.25) is 4.79 Å². The van der Waals surface area contributed by atoms with Crippen LogP contribution in [-0.4, -0.2) is 24.0 Å². The van der Waals surface area contributed by atoms with E-state index in [-0.39, 0.29) is 11.9 Å². The normalized spacial score (nSPS) is 15.2. The molecule has 0 bridgehead atoms. The van der Waals surface area contributed by atoms with E-state index in [9.17, 15) is 4.79 Å². The lowest BCUT2D eigenvalue weighted by atomic mass is 9.89. The van der Waals surface area contributed by atoms with Crippen molar-refractivity contribution in [2.24, 2.45) is 5.92 Å². The maximum absolute atomic E-state index is 12.1. The first-order valence-corrected chi connectivity index (χ1v) is 6.37. The average molecular weight is 228 g/mol. The van der Waals surface area contributed by atoms with E-state index in [1.807, 2.05) is 20.8 Å².